The van der Waals surface area contributed by atoms with E-state index < -0.39 is 5.97 Å². The van der Waals surface area contributed by atoms with Gasteiger partial charge in [-0.15, -0.1) is 0 Å². The summed E-state index contributed by atoms with van der Waals surface area (Å²) in [5, 5.41) is 3.86. The van der Waals surface area contributed by atoms with Gasteiger partial charge in [-0.1, -0.05) is 24.4 Å². The van der Waals surface area contributed by atoms with Crippen molar-refractivity contribution in [2.75, 3.05) is 6.61 Å². The third kappa shape index (κ3) is 2.40. The van der Waals surface area contributed by atoms with E-state index in [0.29, 0.717) is 18.3 Å². The largest absolute Gasteiger partial charge is 0.459 e. The lowest BCUT2D eigenvalue weighted by Gasteiger charge is -2.17. The van der Waals surface area contributed by atoms with Crippen molar-refractivity contribution >= 4 is 5.97 Å². The quantitative estimate of drug-likeness (QED) is 0.737. The van der Waals surface area contributed by atoms with Crippen molar-refractivity contribution in [3.05, 3.63) is 11.7 Å². The first-order valence-electron chi connectivity index (χ1n) is 5.82. The Kier molecular flexibility index (Phi) is 3.54. The molecule has 1 heterocycles. The van der Waals surface area contributed by atoms with Gasteiger partial charge >= 0.3 is 11.9 Å². The molecule has 0 saturated heterocycles. The number of rotatable bonds is 3. The van der Waals surface area contributed by atoms with E-state index in [1.807, 2.05) is 0 Å². The Morgan fingerprint density at radius 3 is 2.88 bits per heavy atom. The van der Waals surface area contributed by atoms with Gasteiger partial charge in [-0.25, -0.2) is 4.79 Å². The average molecular weight is 224 g/mol. The van der Waals surface area contributed by atoms with E-state index in [9.17, 15) is 4.79 Å². The standard InChI is InChI=1S/C11H16N2O3/c1-2-15-11(14)10-12-9(13-16-10)8-6-4-3-5-7-8/h8H,2-7H2,1H3. The lowest BCUT2D eigenvalue weighted by molar-refractivity contribution is 0.0470. The second-order valence-corrected chi connectivity index (χ2v) is 4.01. The Balaban J connectivity index is 2.03. The maximum atomic E-state index is 11.3. The topological polar surface area (TPSA) is 65.2 Å². The van der Waals surface area contributed by atoms with Crippen molar-refractivity contribution in [1.29, 1.82) is 0 Å². The third-order valence-electron chi connectivity index (χ3n) is 2.86. The fourth-order valence-corrected chi connectivity index (χ4v) is 2.04. The second-order valence-electron chi connectivity index (χ2n) is 4.01. The number of carbonyl (C=O) groups is 1. The highest BCUT2D eigenvalue weighted by atomic mass is 16.6. The Morgan fingerprint density at radius 1 is 1.44 bits per heavy atom. The van der Waals surface area contributed by atoms with Gasteiger partial charge in [-0.2, -0.15) is 4.98 Å². The first-order chi connectivity index (χ1) is 7.81. The minimum absolute atomic E-state index is 0.0255. The fraction of sp³-hybridized carbons (Fsp3) is 0.727. The van der Waals surface area contributed by atoms with Crippen LogP contribution in [0.15, 0.2) is 4.52 Å². The van der Waals surface area contributed by atoms with Crippen molar-refractivity contribution < 1.29 is 14.1 Å². The summed E-state index contributed by atoms with van der Waals surface area (Å²) >= 11 is 0. The van der Waals surface area contributed by atoms with Gasteiger partial charge in [0.25, 0.3) is 0 Å². The Hall–Kier alpha value is -1.39. The summed E-state index contributed by atoms with van der Waals surface area (Å²) in [5.74, 6) is 0.447. The van der Waals surface area contributed by atoms with Gasteiger partial charge in [0.2, 0.25) is 0 Å². The Bertz CT molecular complexity index is 356. The molecular formula is C11H16N2O3. The van der Waals surface area contributed by atoms with Crippen LogP contribution in [0, 0.1) is 0 Å². The molecule has 0 spiro atoms. The van der Waals surface area contributed by atoms with Gasteiger partial charge in [0.1, 0.15) is 0 Å². The second kappa shape index (κ2) is 5.09. The van der Waals surface area contributed by atoms with E-state index >= 15 is 0 Å². The van der Waals surface area contributed by atoms with Gasteiger partial charge < -0.3 is 9.26 Å². The molecule has 5 nitrogen and oxygen atoms in total. The molecule has 0 bridgehead atoms. The van der Waals surface area contributed by atoms with Gasteiger partial charge in [0, 0.05) is 5.92 Å². The summed E-state index contributed by atoms with van der Waals surface area (Å²) in [6.45, 7) is 2.07. The van der Waals surface area contributed by atoms with Crippen LogP contribution in [0.3, 0.4) is 0 Å². The van der Waals surface area contributed by atoms with E-state index in [1.54, 1.807) is 6.92 Å². The fourth-order valence-electron chi connectivity index (χ4n) is 2.04. The summed E-state index contributed by atoms with van der Waals surface area (Å²) in [6, 6.07) is 0. The van der Waals surface area contributed by atoms with Crippen molar-refractivity contribution in [2.45, 2.75) is 44.9 Å². The van der Waals surface area contributed by atoms with Crippen LogP contribution in [0.25, 0.3) is 0 Å². The van der Waals surface area contributed by atoms with Crippen LogP contribution < -0.4 is 0 Å². The molecule has 0 unspecified atom stereocenters. The minimum Gasteiger partial charge on any atom is -0.459 e. The van der Waals surface area contributed by atoms with Crippen molar-refractivity contribution in [3.8, 4) is 0 Å². The molecule has 2 rings (SSSR count). The summed E-state index contributed by atoms with van der Waals surface area (Å²) in [5.41, 5.74) is 0. The highest BCUT2D eigenvalue weighted by Crippen LogP contribution is 2.30. The van der Waals surface area contributed by atoms with E-state index in [0.717, 1.165) is 12.8 Å². The highest BCUT2D eigenvalue weighted by molar-refractivity contribution is 5.83. The highest BCUT2D eigenvalue weighted by Gasteiger charge is 2.23. The van der Waals surface area contributed by atoms with Crippen LogP contribution in [0.2, 0.25) is 0 Å². The number of aromatic nitrogens is 2. The zero-order valence-corrected chi connectivity index (χ0v) is 9.44. The lowest BCUT2D eigenvalue weighted by Crippen LogP contribution is -2.08. The Morgan fingerprint density at radius 2 is 2.19 bits per heavy atom. The zero-order chi connectivity index (χ0) is 11.4. The van der Waals surface area contributed by atoms with Crippen molar-refractivity contribution in [3.63, 3.8) is 0 Å². The normalized spacial score (nSPS) is 17.3. The number of esters is 1. The first kappa shape index (κ1) is 11.1. The maximum Gasteiger partial charge on any atom is 0.397 e. The molecule has 0 N–H and O–H groups in total. The molecular weight excluding hydrogens is 208 g/mol. The molecule has 1 aromatic rings. The van der Waals surface area contributed by atoms with Gasteiger partial charge in [-0.3, -0.25) is 0 Å². The number of ether oxygens (including phenoxy) is 1. The number of hydrogen-bond donors (Lipinski definition) is 0. The molecule has 0 radical (unpaired) electrons. The van der Waals surface area contributed by atoms with Crippen LogP contribution in [-0.2, 0) is 4.74 Å². The molecule has 1 aliphatic carbocycles. The molecule has 88 valence electrons. The number of hydrogen-bond acceptors (Lipinski definition) is 5. The van der Waals surface area contributed by atoms with Crippen LogP contribution >= 0.6 is 0 Å². The van der Waals surface area contributed by atoms with Gasteiger partial charge in [-0.05, 0) is 19.8 Å². The molecule has 0 aliphatic heterocycles. The van der Waals surface area contributed by atoms with Crippen LogP contribution in [0.1, 0.15) is 61.5 Å². The first-order valence-corrected chi connectivity index (χ1v) is 5.82. The van der Waals surface area contributed by atoms with Crippen LogP contribution in [0.4, 0.5) is 0 Å². The number of nitrogens with zero attached hydrogens (tertiary/aromatic N) is 2. The minimum atomic E-state index is -0.531. The molecule has 1 aliphatic rings. The predicted octanol–water partition coefficient (Wildman–Crippen LogP) is 2.29. The van der Waals surface area contributed by atoms with Gasteiger partial charge in [0.15, 0.2) is 5.82 Å². The molecule has 0 atom stereocenters. The van der Waals surface area contributed by atoms with Crippen molar-refractivity contribution in [1.82, 2.24) is 10.1 Å². The molecule has 1 fully saturated rings. The molecule has 0 aromatic carbocycles. The third-order valence-corrected chi connectivity index (χ3v) is 2.86. The summed E-state index contributed by atoms with van der Waals surface area (Å²) in [7, 11) is 0. The van der Waals surface area contributed by atoms with E-state index in [4.69, 9.17) is 9.26 Å². The monoisotopic (exact) mass is 224 g/mol. The molecule has 1 aromatic heterocycles. The molecule has 16 heavy (non-hydrogen) atoms. The number of carbonyl (C=O) groups excluding carboxylic acids is 1. The summed E-state index contributed by atoms with van der Waals surface area (Å²) in [6.07, 6.45) is 5.85. The molecule has 0 amide bonds. The smallest absolute Gasteiger partial charge is 0.397 e. The van der Waals surface area contributed by atoms with Crippen LogP contribution in [-0.4, -0.2) is 22.7 Å². The SMILES string of the molecule is CCOC(=O)c1nc(C2CCCCC2)no1. The zero-order valence-electron chi connectivity index (χ0n) is 9.44. The van der Waals surface area contributed by atoms with E-state index in [1.165, 1.54) is 19.3 Å². The lowest BCUT2D eigenvalue weighted by atomic mass is 9.89. The predicted molar refractivity (Wildman–Crippen MR) is 56.1 cm³/mol. The molecule has 5 heteroatoms. The average Bonchev–Trinajstić information content (AvgIpc) is 2.80. The van der Waals surface area contributed by atoms with Crippen molar-refractivity contribution in [2.24, 2.45) is 0 Å². The molecule has 1 saturated carbocycles. The summed E-state index contributed by atoms with van der Waals surface area (Å²) < 4.78 is 9.69. The van der Waals surface area contributed by atoms with Crippen LogP contribution in [0.5, 0.6) is 0 Å². The van der Waals surface area contributed by atoms with E-state index in [2.05, 4.69) is 10.1 Å². The Labute approximate surface area is 94.2 Å². The van der Waals surface area contributed by atoms with Gasteiger partial charge in [0.05, 0.1) is 6.61 Å². The van der Waals surface area contributed by atoms with E-state index in [-0.39, 0.29) is 5.89 Å². The summed E-state index contributed by atoms with van der Waals surface area (Å²) in [4.78, 5) is 15.4. The maximum absolute atomic E-state index is 11.3.